The van der Waals surface area contributed by atoms with Crippen molar-refractivity contribution in [2.75, 3.05) is 11.8 Å². The van der Waals surface area contributed by atoms with Crippen LogP contribution in [0.15, 0.2) is 83.8 Å². The summed E-state index contributed by atoms with van der Waals surface area (Å²) in [6, 6.07) is 23.1. The smallest absolute Gasteiger partial charge is 0.261 e. The summed E-state index contributed by atoms with van der Waals surface area (Å²) in [6.07, 6.45) is 0. The first-order valence-corrected chi connectivity index (χ1v) is 8.90. The first kappa shape index (κ1) is 16.1. The lowest BCUT2D eigenvalue weighted by molar-refractivity contribution is 0.415. The Bertz CT molecular complexity index is 920. The van der Waals surface area contributed by atoms with Crippen LogP contribution < -0.4 is 9.46 Å². The van der Waals surface area contributed by atoms with Gasteiger partial charge in [0.2, 0.25) is 0 Å². The zero-order valence-electron chi connectivity index (χ0n) is 13.1. The molecule has 3 rings (SSSR count). The second kappa shape index (κ2) is 6.76. The predicted octanol–water partition coefficient (Wildman–Crippen LogP) is 4.16. The fourth-order valence-electron chi connectivity index (χ4n) is 2.40. The van der Waals surface area contributed by atoms with Gasteiger partial charge in [-0.1, -0.05) is 48.5 Å². The van der Waals surface area contributed by atoms with E-state index in [-0.39, 0.29) is 4.90 Å². The molecule has 0 aliphatic carbocycles. The molecule has 0 aliphatic heterocycles. The fraction of sp³-hybridized carbons (Fsp3) is 0.0526. The van der Waals surface area contributed by atoms with E-state index in [1.54, 1.807) is 49.6 Å². The average molecular weight is 339 g/mol. The first-order chi connectivity index (χ1) is 11.6. The van der Waals surface area contributed by atoms with Crippen LogP contribution in [0.2, 0.25) is 0 Å². The van der Waals surface area contributed by atoms with Crippen molar-refractivity contribution >= 4 is 15.7 Å². The second-order valence-electron chi connectivity index (χ2n) is 5.19. The Morgan fingerprint density at radius 1 is 0.792 bits per heavy atom. The molecule has 0 aromatic heterocycles. The number of anilines is 1. The summed E-state index contributed by atoms with van der Waals surface area (Å²) in [5.41, 5.74) is 2.24. The summed E-state index contributed by atoms with van der Waals surface area (Å²) in [5.74, 6) is 0.751. The molecule has 122 valence electrons. The minimum Gasteiger partial charge on any atom is -0.497 e. The third-order valence-electron chi connectivity index (χ3n) is 3.63. The lowest BCUT2D eigenvalue weighted by Gasteiger charge is -2.13. The summed E-state index contributed by atoms with van der Waals surface area (Å²) in [7, 11) is -2.02. The highest BCUT2D eigenvalue weighted by Gasteiger charge is 2.15. The molecule has 0 amide bonds. The largest absolute Gasteiger partial charge is 0.497 e. The number of hydrogen-bond acceptors (Lipinski definition) is 3. The number of ether oxygens (including phenoxy) is 1. The highest BCUT2D eigenvalue weighted by Crippen LogP contribution is 2.30. The van der Waals surface area contributed by atoms with Gasteiger partial charge < -0.3 is 4.74 Å². The van der Waals surface area contributed by atoms with Crippen LogP contribution in [0.1, 0.15) is 0 Å². The molecule has 0 fully saturated rings. The Kier molecular flexibility index (Phi) is 4.53. The highest BCUT2D eigenvalue weighted by atomic mass is 32.2. The standard InChI is InChI=1S/C19H17NO3S/c1-23-16-13-11-15(12-14-16)18-9-5-6-10-19(18)20-24(21,22)17-7-3-2-4-8-17/h2-14,20H,1H3. The Morgan fingerprint density at radius 3 is 2.08 bits per heavy atom. The third kappa shape index (κ3) is 3.41. The van der Waals surface area contributed by atoms with Crippen LogP contribution in [0.5, 0.6) is 5.75 Å². The molecule has 0 saturated carbocycles. The van der Waals surface area contributed by atoms with Gasteiger partial charge >= 0.3 is 0 Å². The molecule has 4 nitrogen and oxygen atoms in total. The van der Waals surface area contributed by atoms with E-state index < -0.39 is 10.0 Å². The molecule has 0 atom stereocenters. The normalized spacial score (nSPS) is 11.0. The van der Waals surface area contributed by atoms with Crippen molar-refractivity contribution in [3.8, 4) is 16.9 Å². The number of nitrogens with one attached hydrogen (secondary N) is 1. The summed E-state index contributed by atoms with van der Waals surface area (Å²) in [4.78, 5) is 0.231. The molecule has 0 radical (unpaired) electrons. The average Bonchev–Trinajstić information content (AvgIpc) is 2.63. The monoisotopic (exact) mass is 339 g/mol. The van der Waals surface area contributed by atoms with E-state index in [9.17, 15) is 8.42 Å². The molecule has 0 heterocycles. The second-order valence-corrected chi connectivity index (χ2v) is 6.88. The quantitative estimate of drug-likeness (QED) is 0.759. The van der Waals surface area contributed by atoms with Gasteiger partial charge in [0, 0.05) is 5.56 Å². The lowest BCUT2D eigenvalue weighted by Crippen LogP contribution is -2.13. The van der Waals surface area contributed by atoms with Gasteiger partial charge in [-0.25, -0.2) is 8.42 Å². The van der Waals surface area contributed by atoms with Crippen molar-refractivity contribution in [3.05, 3.63) is 78.9 Å². The maximum atomic E-state index is 12.6. The van der Waals surface area contributed by atoms with Gasteiger partial charge in [-0.05, 0) is 35.9 Å². The molecular formula is C19H17NO3S. The van der Waals surface area contributed by atoms with Crippen molar-refractivity contribution in [2.45, 2.75) is 4.90 Å². The van der Waals surface area contributed by atoms with Crippen LogP contribution in [0.25, 0.3) is 11.1 Å². The van der Waals surface area contributed by atoms with E-state index in [0.717, 1.165) is 16.9 Å². The van der Waals surface area contributed by atoms with Gasteiger partial charge in [0.15, 0.2) is 0 Å². The zero-order chi connectivity index (χ0) is 17.0. The molecular weight excluding hydrogens is 322 g/mol. The van der Waals surface area contributed by atoms with E-state index in [4.69, 9.17) is 4.74 Å². The molecule has 1 N–H and O–H groups in total. The van der Waals surface area contributed by atoms with Crippen LogP contribution in [-0.2, 0) is 10.0 Å². The molecule has 0 spiro atoms. The molecule has 0 unspecified atom stereocenters. The number of methoxy groups -OCH3 is 1. The Hall–Kier alpha value is -2.79. The summed E-state index contributed by atoms with van der Waals surface area (Å²) < 4.78 is 32.9. The van der Waals surface area contributed by atoms with Crippen molar-refractivity contribution in [3.63, 3.8) is 0 Å². The molecule has 0 bridgehead atoms. The van der Waals surface area contributed by atoms with Gasteiger partial charge in [0.05, 0.1) is 17.7 Å². The molecule has 5 heteroatoms. The van der Waals surface area contributed by atoms with Crippen LogP contribution >= 0.6 is 0 Å². The maximum absolute atomic E-state index is 12.6. The minimum absolute atomic E-state index is 0.231. The maximum Gasteiger partial charge on any atom is 0.261 e. The predicted molar refractivity (Wildman–Crippen MR) is 95.7 cm³/mol. The van der Waals surface area contributed by atoms with E-state index in [0.29, 0.717) is 5.69 Å². The summed E-state index contributed by atoms with van der Waals surface area (Å²) >= 11 is 0. The lowest BCUT2D eigenvalue weighted by atomic mass is 10.0. The van der Waals surface area contributed by atoms with E-state index >= 15 is 0 Å². The fourth-order valence-corrected chi connectivity index (χ4v) is 3.50. The number of benzene rings is 3. The van der Waals surface area contributed by atoms with Gasteiger partial charge in [0.1, 0.15) is 5.75 Å². The summed E-state index contributed by atoms with van der Waals surface area (Å²) in [5, 5.41) is 0. The van der Waals surface area contributed by atoms with E-state index in [2.05, 4.69) is 4.72 Å². The SMILES string of the molecule is COc1ccc(-c2ccccc2NS(=O)(=O)c2ccccc2)cc1. The first-order valence-electron chi connectivity index (χ1n) is 7.41. The van der Waals surface area contributed by atoms with Crippen LogP contribution in [0.4, 0.5) is 5.69 Å². The Morgan fingerprint density at radius 2 is 1.42 bits per heavy atom. The van der Waals surface area contributed by atoms with Crippen molar-refractivity contribution in [1.29, 1.82) is 0 Å². The van der Waals surface area contributed by atoms with Crippen molar-refractivity contribution < 1.29 is 13.2 Å². The van der Waals surface area contributed by atoms with Gasteiger partial charge in [0.25, 0.3) is 10.0 Å². The van der Waals surface area contributed by atoms with Crippen LogP contribution in [0.3, 0.4) is 0 Å². The number of rotatable bonds is 5. The minimum atomic E-state index is -3.63. The number of para-hydroxylation sites is 1. The van der Waals surface area contributed by atoms with Gasteiger partial charge in [-0.2, -0.15) is 0 Å². The molecule has 0 aliphatic rings. The third-order valence-corrected chi connectivity index (χ3v) is 5.01. The van der Waals surface area contributed by atoms with Crippen LogP contribution in [-0.4, -0.2) is 15.5 Å². The van der Waals surface area contributed by atoms with Crippen molar-refractivity contribution in [2.24, 2.45) is 0 Å². The molecule has 0 saturated heterocycles. The summed E-state index contributed by atoms with van der Waals surface area (Å²) in [6.45, 7) is 0. The highest BCUT2D eigenvalue weighted by molar-refractivity contribution is 7.92. The van der Waals surface area contributed by atoms with Crippen LogP contribution in [0, 0.1) is 0 Å². The number of hydrogen-bond donors (Lipinski definition) is 1. The Balaban J connectivity index is 1.98. The molecule has 24 heavy (non-hydrogen) atoms. The molecule has 3 aromatic rings. The molecule has 3 aromatic carbocycles. The van der Waals surface area contributed by atoms with Gasteiger partial charge in [-0.3, -0.25) is 4.72 Å². The zero-order valence-corrected chi connectivity index (χ0v) is 14.0. The van der Waals surface area contributed by atoms with Crippen molar-refractivity contribution in [1.82, 2.24) is 0 Å². The van der Waals surface area contributed by atoms with Gasteiger partial charge in [-0.15, -0.1) is 0 Å². The Labute approximate surface area is 141 Å². The number of sulfonamides is 1. The van der Waals surface area contributed by atoms with E-state index in [1.165, 1.54) is 0 Å². The topological polar surface area (TPSA) is 55.4 Å². The van der Waals surface area contributed by atoms with E-state index in [1.807, 2.05) is 36.4 Å².